The second kappa shape index (κ2) is 4.66. The summed E-state index contributed by atoms with van der Waals surface area (Å²) >= 11 is 0. The Morgan fingerprint density at radius 3 is 2.33 bits per heavy atom. The number of anilines is 1. The fourth-order valence-corrected chi connectivity index (χ4v) is 3.06. The van der Waals surface area contributed by atoms with Crippen molar-refractivity contribution in [2.45, 2.75) is 25.3 Å². The summed E-state index contributed by atoms with van der Waals surface area (Å²) in [6.07, 6.45) is 0.713. The Kier molecular flexibility index (Phi) is 3.36. The molecule has 1 N–H and O–H groups in total. The molecule has 0 heterocycles. The van der Waals surface area contributed by atoms with Crippen LogP contribution < -0.4 is 4.31 Å². The van der Waals surface area contributed by atoms with Gasteiger partial charge < -0.3 is 0 Å². The Morgan fingerprint density at radius 1 is 1.28 bits per heavy atom. The number of benzene rings is 1. The molecule has 0 amide bonds. The third kappa shape index (κ3) is 2.68. The van der Waals surface area contributed by atoms with E-state index in [1.165, 1.54) is 12.1 Å². The molecular weight excluding hydrogens is 261 g/mol. The maximum absolute atomic E-state index is 12.8. The van der Waals surface area contributed by atoms with Crippen LogP contribution in [0.1, 0.15) is 19.3 Å². The number of carbonyl (C=O) groups is 1. The third-order valence-corrected chi connectivity index (χ3v) is 3.89. The monoisotopic (exact) mass is 273 g/mol. The Bertz CT molecular complexity index is 555. The van der Waals surface area contributed by atoms with Crippen LogP contribution in [0.4, 0.5) is 10.1 Å². The molecule has 1 aliphatic carbocycles. The van der Waals surface area contributed by atoms with Crippen LogP contribution in [0, 0.1) is 5.82 Å². The zero-order valence-electron chi connectivity index (χ0n) is 9.41. The summed E-state index contributed by atoms with van der Waals surface area (Å²) < 4.78 is 45.6. The second-order valence-electron chi connectivity index (χ2n) is 4.19. The highest BCUT2D eigenvalue weighted by Gasteiger charge is 2.34. The molecule has 1 aromatic carbocycles. The number of halogens is 1. The quantitative estimate of drug-likeness (QED) is 0.848. The number of Topliss-reactive ketones (excluding diaryl/α,β-unsaturated/α-hetero) is 1. The first kappa shape index (κ1) is 13.0. The van der Waals surface area contributed by atoms with Crippen molar-refractivity contribution in [2.75, 3.05) is 4.31 Å². The van der Waals surface area contributed by atoms with Gasteiger partial charge in [-0.1, -0.05) is 0 Å². The largest absolute Gasteiger partial charge is 0.360 e. The van der Waals surface area contributed by atoms with Crippen molar-refractivity contribution in [1.82, 2.24) is 0 Å². The first-order valence-electron chi connectivity index (χ1n) is 5.42. The molecule has 1 aromatic rings. The molecule has 5 nitrogen and oxygen atoms in total. The van der Waals surface area contributed by atoms with Crippen LogP contribution in [0.2, 0.25) is 0 Å². The first-order chi connectivity index (χ1) is 8.38. The zero-order chi connectivity index (χ0) is 13.3. The van der Waals surface area contributed by atoms with E-state index in [9.17, 15) is 22.2 Å². The molecule has 0 spiro atoms. The highest BCUT2D eigenvalue weighted by molar-refractivity contribution is 7.87. The van der Waals surface area contributed by atoms with Gasteiger partial charge in [0.2, 0.25) is 0 Å². The summed E-state index contributed by atoms with van der Waals surface area (Å²) in [5.41, 5.74) is 0.151. The van der Waals surface area contributed by atoms with Crippen LogP contribution in [0.3, 0.4) is 0 Å². The minimum Gasteiger partial charge on any atom is -0.300 e. The van der Waals surface area contributed by atoms with Gasteiger partial charge in [0.15, 0.2) is 0 Å². The number of nitrogens with zero attached hydrogens (tertiary/aromatic N) is 1. The third-order valence-electron chi connectivity index (χ3n) is 2.88. The lowest BCUT2D eigenvalue weighted by atomic mass is 10.2. The highest BCUT2D eigenvalue weighted by atomic mass is 32.2. The van der Waals surface area contributed by atoms with E-state index in [4.69, 9.17) is 0 Å². The fourth-order valence-electron chi connectivity index (χ4n) is 2.12. The fraction of sp³-hybridized carbons (Fsp3) is 0.364. The van der Waals surface area contributed by atoms with E-state index >= 15 is 0 Å². The van der Waals surface area contributed by atoms with Gasteiger partial charge in [-0.15, -0.1) is 0 Å². The molecule has 1 fully saturated rings. The van der Waals surface area contributed by atoms with Gasteiger partial charge in [0.1, 0.15) is 11.6 Å². The molecule has 1 aliphatic rings. The van der Waals surface area contributed by atoms with Crippen LogP contribution in [-0.4, -0.2) is 24.8 Å². The maximum Gasteiger partial charge on any atom is 0.360 e. The van der Waals surface area contributed by atoms with Gasteiger partial charge in [-0.05, 0) is 30.7 Å². The van der Waals surface area contributed by atoms with Crippen molar-refractivity contribution in [3.8, 4) is 0 Å². The Morgan fingerprint density at radius 2 is 1.89 bits per heavy atom. The normalized spacial score (nSPS) is 20.1. The Hall–Kier alpha value is -1.47. The molecule has 0 aromatic heterocycles. The van der Waals surface area contributed by atoms with E-state index in [1.54, 1.807) is 0 Å². The average molecular weight is 273 g/mol. The van der Waals surface area contributed by atoms with Gasteiger partial charge >= 0.3 is 10.3 Å². The van der Waals surface area contributed by atoms with Gasteiger partial charge in [-0.25, -0.2) is 8.70 Å². The second-order valence-corrected chi connectivity index (χ2v) is 5.47. The first-order valence-corrected chi connectivity index (χ1v) is 6.82. The molecule has 0 radical (unpaired) electrons. The van der Waals surface area contributed by atoms with Crippen molar-refractivity contribution in [3.05, 3.63) is 30.1 Å². The smallest absolute Gasteiger partial charge is 0.300 e. The molecule has 0 bridgehead atoms. The minimum absolute atomic E-state index is 0.0456. The van der Waals surface area contributed by atoms with Gasteiger partial charge in [0.05, 0.1) is 11.7 Å². The van der Waals surface area contributed by atoms with E-state index in [0.717, 1.165) is 16.4 Å². The van der Waals surface area contributed by atoms with Crippen molar-refractivity contribution in [2.24, 2.45) is 0 Å². The highest BCUT2D eigenvalue weighted by Crippen LogP contribution is 2.28. The number of hydrogen-bond donors (Lipinski definition) is 1. The van der Waals surface area contributed by atoms with Gasteiger partial charge in [-0.2, -0.15) is 8.42 Å². The van der Waals surface area contributed by atoms with Crippen molar-refractivity contribution in [1.29, 1.82) is 0 Å². The zero-order valence-corrected chi connectivity index (χ0v) is 10.2. The predicted octanol–water partition coefficient (Wildman–Crippen LogP) is 1.56. The summed E-state index contributed by atoms with van der Waals surface area (Å²) in [6.45, 7) is 0. The predicted molar refractivity (Wildman–Crippen MR) is 63.1 cm³/mol. The molecule has 0 saturated heterocycles. The lowest BCUT2D eigenvalue weighted by molar-refractivity contribution is -0.117. The van der Waals surface area contributed by atoms with E-state index in [-0.39, 0.29) is 24.3 Å². The van der Waals surface area contributed by atoms with Crippen molar-refractivity contribution >= 4 is 21.8 Å². The SMILES string of the molecule is O=C1CCC(N(c2ccc(F)cc2)S(=O)(=O)O)C1. The Labute approximate surface area is 104 Å². The molecule has 1 saturated carbocycles. The van der Waals surface area contributed by atoms with E-state index in [0.29, 0.717) is 6.42 Å². The summed E-state index contributed by atoms with van der Waals surface area (Å²) in [5.74, 6) is -0.549. The molecule has 1 atom stereocenters. The number of ketones is 1. The van der Waals surface area contributed by atoms with Crippen molar-refractivity contribution < 1.29 is 22.2 Å². The van der Waals surface area contributed by atoms with Gasteiger partial charge in [-0.3, -0.25) is 9.35 Å². The molecule has 7 heteroatoms. The van der Waals surface area contributed by atoms with E-state index < -0.39 is 22.2 Å². The van der Waals surface area contributed by atoms with E-state index in [1.807, 2.05) is 0 Å². The summed E-state index contributed by atoms with van der Waals surface area (Å²) in [5, 5.41) is 0. The minimum atomic E-state index is -4.48. The van der Waals surface area contributed by atoms with Crippen LogP contribution in [-0.2, 0) is 15.1 Å². The number of hydrogen-bond acceptors (Lipinski definition) is 3. The van der Waals surface area contributed by atoms with Crippen LogP contribution in [0.25, 0.3) is 0 Å². The molecule has 1 unspecified atom stereocenters. The van der Waals surface area contributed by atoms with Crippen LogP contribution in [0.5, 0.6) is 0 Å². The summed E-state index contributed by atoms with van der Waals surface area (Å²) in [4.78, 5) is 11.2. The molecule has 2 rings (SSSR count). The van der Waals surface area contributed by atoms with Gasteiger partial charge in [0.25, 0.3) is 0 Å². The topological polar surface area (TPSA) is 74.7 Å². The molecule has 18 heavy (non-hydrogen) atoms. The summed E-state index contributed by atoms with van der Waals surface area (Å²) in [7, 11) is -4.48. The van der Waals surface area contributed by atoms with Crippen LogP contribution in [0.15, 0.2) is 24.3 Å². The lowest BCUT2D eigenvalue weighted by Crippen LogP contribution is -2.38. The van der Waals surface area contributed by atoms with E-state index in [2.05, 4.69) is 0 Å². The maximum atomic E-state index is 12.8. The standard InChI is InChI=1S/C11H12FNO4S/c12-8-1-3-9(4-2-8)13(18(15,16)17)10-5-6-11(14)7-10/h1-4,10H,5-7H2,(H,15,16,17). The van der Waals surface area contributed by atoms with Gasteiger partial charge in [0, 0.05) is 12.8 Å². The molecular formula is C11H12FNO4S. The van der Waals surface area contributed by atoms with Crippen molar-refractivity contribution in [3.63, 3.8) is 0 Å². The molecule has 0 aliphatic heterocycles. The lowest BCUT2D eigenvalue weighted by Gasteiger charge is -2.26. The van der Waals surface area contributed by atoms with Crippen LogP contribution >= 0.6 is 0 Å². The number of rotatable bonds is 3. The summed E-state index contributed by atoms with van der Waals surface area (Å²) in [6, 6.07) is 4.12. The Balaban J connectivity index is 2.37. The number of carbonyl (C=O) groups excluding carboxylic acids is 1. The molecule has 98 valence electrons. The average Bonchev–Trinajstić information content (AvgIpc) is 2.66.